The van der Waals surface area contributed by atoms with Crippen molar-refractivity contribution in [1.82, 2.24) is 0 Å². The van der Waals surface area contributed by atoms with Crippen molar-refractivity contribution in [2.45, 2.75) is 128 Å². The second-order valence-corrected chi connectivity index (χ2v) is 27.4. The summed E-state index contributed by atoms with van der Waals surface area (Å²) in [6.07, 6.45) is 10.6. The molecule has 1 aliphatic heterocycles. The number of hydrogen-bond donors (Lipinski definition) is 0. The van der Waals surface area contributed by atoms with E-state index in [-0.39, 0.29) is 6.10 Å². The molecule has 1 saturated heterocycles. The van der Waals surface area contributed by atoms with Crippen LogP contribution in [0.1, 0.15) is 76.0 Å². The van der Waals surface area contributed by atoms with E-state index in [0.717, 1.165) is 16.7 Å². The van der Waals surface area contributed by atoms with Gasteiger partial charge in [0.1, 0.15) is 0 Å². The van der Waals surface area contributed by atoms with E-state index in [1.807, 2.05) is 42.5 Å². The molecule has 0 saturated carbocycles. The van der Waals surface area contributed by atoms with Gasteiger partial charge in [-0.3, -0.25) is 0 Å². The number of allylic oxidation sites excluding steroid dienone is 1. The Morgan fingerprint density at radius 3 is 1.56 bits per heavy atom. The van der Waals surface area contributed by atoms with E-state index in [1.165, 1.54) is 56.3 Å². The van der Waals surface area contributed by atoms with Crippen LogP contribution in [0.25, 0.3) is 0 Å². The molecule has 262 valence electrons. The molecule has 4 rings (SSSR count). The van der Waals surface area contributed by atoms with Gasteiger partial charge in [-0.1, -0.05) is 6.07 Å². The third-order valence-electron chi connectivity index (χ3n) is 9.68. The van der Waals surface area contributed by atoms with Gasteiger partial charge in [0.05, 0.1) is 0 Å². The van der Waals surface area contributed by atoms with Gasteiger partial charge >= 0.3 is 291 Å². The number of unbranched alkanes of at least 4 members (excludes halogenated alkanes) is 3. The minimum absolute atomic E-state index is 0.318. The van der Waals surface area contributed by atoms with E-state index >= 15 is 0 Å². The molecule has 0 N–H and O–H groups in total. The average molecular weight is 764 g/mol. The van der Waals surface area contributed by atoms with Crippen molar-refractivity contribution in [2.75, 3.05) is 7.11 Å². The van der Waals surface area contributed by atoms with Crippen molar-refractivity contribution >= 4 is 18.4 Å². The maximum atomic E-state index is 6.78. The fourth-order valence-electron chi connectivity index (χ4n) is 6.82. The molecule has 0 radical (unpaired) electrons. The third kappa shape index (κ3) is 12.4. The van der Waals surface area contributed by atoms with Crippen molar-refractivity contribution in [3.8, 4) is 0 Å². The monoisotopic (exact) mass is 764 g/mol. The average Bonchev–Trinajstić information content (AvgIpc) is 3.50. The summed E-state index contributed by atoms with van der Waals surface area (Å²) in [7, 11) is 1.69. The molecule has 1 aliphatic rings. The molecule has 5 nitrogen and oxygen atoms in total. The van der Waals surface area contributed by atoms with Crippen LogP contribution >= 0.6 is 0 Å². The van der Waals surface area contributed by atoms with E-state index in [1.54, 1.807) is 7.11 Å². The van der Waals surface area contributed by atoms with Crippen molar-refractivity contribution in [1.29, 1.82) is 0 Å². The topological polar surface area (TPSA) is 46.2 Å². The summed E-state index contributed by atoms with van der Waals surface area (Å²) in [5, 5.41) is 0. The quantitative estimate of drug-likeness (QED) is 0.0711. The van der Waals surface area contributed by atoms with Gasteiger partial charge < -0.3 is 0 Å². The van der Waals surface area contributed by atoms with Gasteiger partial charge in [0, 0.05) is 0 Å². The first-order valence-electron chi connectivity index (χ1n) is 18.4. The molecule has 48 heavy (non-hydrogen) atoms. The summed E-state index contributed by atoms with van der Waals surface area (Å²) in [5.41, 5.74) is 3.35. The Morgan fingerprint density at radius 2 is 1.10 bits per heavy atom. The van der Waals surface area contributed by atoms with Crippen molar-refractivity contribution in [3.05, 3.63) is 120 Å². The molecule has 1 fully saturated rings. The summed E-state index contributed by atoms with van der Waals surface area (Å²) in [4.78, 5) is 0. The zero-order chi connectivity index (χ0) is 33.9. The SMILES string of the molecule is CCC[CH2][Sn]([CH2]/C=C/[C@@H](OCc1ccccc1)[C@@H]1O[C@@H](OC)[C@H](OCc2ccccc2)[C@H]1OCc1ccccc1)([CH2]CCC)[CH2]CCC. The van der Waals surface area contributed by atoms with Crippen LogP contribution in [0, 0.1) is 0 Å². The molecule has 1 heterocycles. The van der Waals surface area contributed by atoms with E-state index in [2.05, 4.69) is 81.5 Å². The molecule has 0 bridgehead atoms. The number of hydrogen-bond acceptors (Lipinski definition) is 5. The third-order valence-corrected chi connectivity index (χ3v) is 24.9. The van der Waals surface area contributed by atoms with Gasteiger partial charge in [-0.05, 0) is 0 Å². The molecule has 0 aromatic heterocycles. The molecule has 0 spiro atoms. The van der Waals surface area contributed by atoms with Crippen LogP contribution in [0.15, 0.2) is 103 Å². The molecule has 0 unspecified atom stereocenters. The van der Waals surface area contributed by atoms with Gasteiger partial charge in [-0.15, -0.1) is 0 Å². The zero-order valence-corrected chi connectivity index (χ0v) is 32.8. The first kappa shape index (κ1) is 38.8. The normalized spacial score (nSPS) is 20.4. The standard InChI is InChI=1S/C30H33O5.3C4H9.Sn/c1-3-13-26(32-20-23-14-7-4-8-15-23)27-28(33-21-24-16-9-5-10-17-24)29(30(31-2)35-27)34-22-25-18-11-6-12-19-25;3*1-3-4-2;/h3-19,26-30H,1,20-22H2,2H3;3*1,3-4H2,2H3;/b13-3+;;;;/t26-,27+,28+,29-,30-;;;;/m1..../s1. The number of benzene rings is 3. The van der Waals surface area contributed by atoms with Gasteiger partial charge in [-0.25, -0.2) is 0 Å². The van der Waals surface area contributed by atoms with Crippen molar-refractivity contribution in [2.24, 2.45) is 0 Å². The molecule has 6 heteroatoms. The second kappa shape index (κ2) is 21.9. The fraction of sp³-hybridized carbons (Fsp3) is 0.524. The van der Waals surface area contributed by atoms with Gasteiger partial charge in [0.25, 0.3) is 0 Å². The predicted octanol–water partition coefficient (Wildman–Crippen LogP) is 10.5. The second-order valence-electron chi connectivity index (χ2n) is 13.4. The van der Waals surface area contributed by atoms with Gasteiger partial charge in [0.15, 0.2) is 0 Å². The zero-order valence-electron chi connectivity index (χ0n) is 29.9. The fourth-order valence-corrected chi connectivity index (χ4v) is 22.0. The van der Waals surface area contributed by atoms with Crippen LogP contribution in [0.4, 0.5) is 0 Å². The molecule has 3 aromatic rings. The number of methoxy groups -OCH3 is 1. The number of rotatable bonds is 23. The molecule has 0 aliphatic carbocycles. The van der Waals surface area contributed by atoms with Crippen LogP contribution in [0.5, 0.6) is 0 Å². The minimum atomic E-state index is -2.39. The predicted molar refractivity (Wildman–Crippen MR) is 200 cm³/mol. The summed E-state index contributed by atoms with van der Waals surface area (Å²) in [6, 6.07) is 31.0. The van der Waals surface area contributed by atoms with Crippen LogP contribution in [-0.2, 0) is 43.5 Å². The van der Waals surface area contributed by atoms with Gasteiger partial charge in [0.2, 0.25) is 0 Å². The Balaban J connectivity index is 1.63. The molecule has 0 amide bonds. The Hall–Kier alpha value is -2.00. The number of ether oxygens (including phenoxy) is 5. The summed E-state index contributed by atoms with van der Waals surface area (Å²) in [5.74, 6) is 0. The molecular weight excluding hydrogens is 703 g/mol. The van der Waals surface area contributed by atoms with Crippen LogP contribution < -0.4 is 0 Å². The summed E-state index contributed by atoms with van der Waals surface area (Å²) in [6.45, 7) is 8.41. The maximum absolute atomic E-state index is 6.78. The van der Waals surface area contributed by atoms with Crippen LogP contribution in [-0.4, -0.2) is 56.2 Å². The van der Waals surface area contributed by atoms with Crippen molar-refractivity contribution < 1.29 is 23.7 Å². The first-order chi connectivity index (χ1) is 23.6. The van der Waals surface area contributed by atoms with Crippen LogP contribution in [0.2, 0.25) is 17.7 Å². The first-order valence-corrected chi connectivity index (χ1v) is 26.5. The molecule has 5 atom stereocenters. The van der Waals surface area contributed by atoms with Crippen molar-refractivity contribution in [3.63, 3.8) is 0 Å². The molecular formula is C42H60O5Sn. The summed E-state index contributed by atoms with van der Waals surface area (Å²) < 4.78 is 38.4. The van der Waals surface area contributed by atoms with Gasteiger partial charge in [-0.2, -0.15) is 0 Å². The Kier molecular flexibility index (Phi) is 17.7. The van der Waals surface area contributed by atoms with Crippen LogP contribution in [0.3, 0.4) is 0 Å². The van der Waals surface area contributed by atoms with E-state index in [4.69, 9.17) is 23.7 Å². The van der Waals surface area contributed by atoms with E-state index in [9.17, 15) is 0 Å². The Labute approximate surface area is 295 Å². The Bertz CT molecular complexity index is 1250. The summed E-state index contributed by atoms with van der Waals surface area (Å²) >= 11 is -2.39. The van der Waals surface area contributed by atoms with E-state index in [0.29, 0.717) is 19.8 Å². The molecule has 3 aromatic carbocycles. The Morgan fingerprint density at radius 1 is 0.646 bits per heavy atom. The van der Waals surface area contributed by atoms with E-state index < -0.39 is 43.0 Å².